The molecule has 0 unspecified atom stereocenters. The number of carbonyl (C=O) groups excluding carboxylic acids is 1. The molecule has 9 heteroatoms. The average Bonchev–Trinajstić information content (AvgIpc) is 3.59. The van der Waals surface area contributed by atoms with Crippen LogP contribution in [0.4, 0.5) is 0 Å². The standard InChI is InChI=1S/C24H28N4O5/c1-15-5-3-4-6-20(15)31-14-19-16(2)32-26-21(19)24(29)28-10-7-18(13-28)23-25-22(27-33-23)17-8-11-30-12-9-17/h3-6,17-18H,7-14H2,1-2H3/t18-/m0/s1. The van der Waals surface area contributed by atoms with Crippen LogP contribution in [0.5, 0.6) is 5.75 Å². The van der Waals surface area contributed by atoms with Crippen molar-refractivity contribution in [3.05, 3.63) is 58.6 Å². The van der Waals surface area contributed by atoms with Crippen molar-refractivity contribution in [2.45, 2.75) is 51.6 Å². The van der Waals surface area contributed by atoms with E-state index in [4.69, 9.17) is 18.5 Å². The summed E-state index contributed by atoms with van der Waals surface area (Å²) in [6.07, 6.45) is 2.59. The van der Waals surface area contributed by atoms with E-state index in [1.165, 1.54) is 0 Å². The molecule has 2 saturated heterocycles. The second-order valence-corrected chi connectivity index (χ2v) is 8.73. The summed E-state index contributed by atoms with van der Waals surface area (Å²) in [6.45, 7) is 6.57. The van der Waals surface area contributed by atoms with E-state index in [9.17, 15) is 4.79 Å². The lowest BCUT2D eigenvalue weighted by atomic mass is 10.00. The quantitative estimate of drug-likeness (QED) is 0.557. The third-order valence-electron chi connectivity index (χ3n) is 6.52. The van der Waals surface area contributed by atoms with Gasteiger partial charge < -0.3 is 23.4 Å². The Balaban J connectivity index is 1.25. The molecular formula is C24H28N4O5. The molecule has 0 N–H and O–H groups in total. The highest BCUT2D eigenvalue weighted by atomic mass is 16.5. The first-order chi connectivity index (χ1) is 16.1. The van der Waals surface area contributed by atoms with Crippen molar-refractivity contribution < 1.29 is 23.3 Å². The van der Waals surface area contributed by atoms with E-state index in [0.717, 1.165) is 49.6 Å². The lowest BCUT2D eigenvalue weighted by Crippen LogP contribution is -2.29. The van der Waals surface area contributed by atoms with Gasteiger partial charge in [0.2, 0.25) is 5.89 Å². The van der Waals surface area contributed by atoms with E-state index in [-0.39, 0.29) is 24.3 Å². The van der Waals surface area contributed by atoms with E-state index < -0.39 is 0 Å². The van der Waals surface area contributed by atoms with Crippen molar-refractivity contribution in [3.8, 4) is 5.75 Å². The van der Waals surface area contributed by atoms with Crippen LogP contribution in [0.1, 0.15) is 70.2 Å². The Bertz CT molecular complexity index is 1120. The van der Waals surface area contributed by atoms with Gasteiger partial charge in [0.25, 0.3) is 5.91 Å². The van der Waals surface area contributed by atoms with Gasteiger partial charge in [0.05, 0.1) is 11.5 Å². The van der Waals surface area contributed by atoms with E-state index >= 15 is 0 Å². The molecule has 0 saturated carbocycles. The molecule has 0 aliphatic carbocycles. The molecule has 3 aromatic rings. The fourth-order valence-corrected chi connectivity index (χ4v) is 4.43. The van der Waals surface area contributed by atoms with Crippen molar-refractivity contribution >= 4 is 5.91 Å². The molecule has 33 heavy (non-hydrogen) atoms. The first-order valence-electron chi connectivity index (χ1n) is 11.4. The second-order valence-electron chi connectivity index (χ2n) is 8.73. The fraction of sp³-hybridized carbons (Fsp3) is 0.500. The van der Waals surface area contributed by atoms with Crippen LogP contribution in [0.15, 0.2) is 33.3 Å². The molecule has 0 spiro atoms. The number of carbonyl (C=O) groups is 1. The number of likely N-dealkylation sites (tertiary alicyclic amines) is 1. The normalized spacial score (nSPS) is 19.2. The lowest BCUT2D eigenvalue weighted by Gasteiger charge is -2.18. The Labute approximate surface area is 192 Å². The summed E-state index contributed by atoms with van der Waals surface area (Å²) in [7, 11) is 0. The number of para-hydroxylation sites is 1. The van der Waals surface area contributed by atoms with Crippen LogP contribution in [-0.2, 0) is 11.3 Å². The molecule has 1 amide bonds. The van der Waals surface area contributed by atoms with Crippen molar-refractivity contribution in [2.24, 2.45) is 0 Å². The summed E-state index contributed by atoms with van der Waals surface area (Å²) >= 11 is 0. The van der Waals surface area contributed by atoms with Crippen molar-refractivity contribution in [1.29, 1.82) is 0 Å². The van der Waals surface area contributed by atoms with Crippen LogP contribution >= 0.6 is 0 Å². The summed E-state index contributed by atoms with van der Waals surface area (Å²) in [4.78, 5) is 19.7. The molecule has 2 aromatic heterocycles. The van der Waals surface area contributed by atoms with Crippen LogP contribution in [0, 0.1) is 13.8 Å². The summed E-state index contributed by atoms with van der Waals surface area (Å²) in [5.74, 6) is 2.85. The molecule has 2 aliphatic rings. The molecule has 0 bridgehead atoms. The number of nitrogens with zero attached hydrogens (tertiary/aromatic N) is 4. The highest BCUT2D eigenvalue weighted by molar-refractivity contribution is 5.94. The van der Waals surface area contributed by atoms with Gasteiger partial charge in [-0.15, -0.1) is 0 Å². The Morgan fingerprint density at radius 1 is 1.09 bits per heavy atom. The fourth-order valence-electron chi connectivity index (χ4n) is 4.43. The summed E-state index contributed by atoms with van der Waals surface area (Å²) in [6, 6.07) is 7.77. The van der Waals surface area contributed by atoms with Crippen LogP contribution in [0.3, 0.4) is 0 Å². The molecule has 2 aliphatic heterocycles. The topological polar surface area (TPSA) is 104 Å². The van der Waals surface area contributed by atoms with Gasteiger partial charge in [-0.25, -0.2) is 0 Å². The third-order valence-corrected chi connectivity index (χ3v) is 6.52. The molecule has 174 valence electrons. The minimum Gasteiger partial charge on any atom is -0.488 e. The molecule has 1 atom stereocenters. The maximum Gasteiger partial charge on any atom is 0.276 e. The molecule has 1 aromatic carbocycles. The summed E-state index contributed by atoms with van der Waals surface area (Å²) < 4.78 is 22.3. The smallest absolute Gasteiger partial charge is 0.276 e. The van der Waals surface area contributed by atoms with Gasteiger partial charge >= 0.3 is 0 Å². The van der Waals surface area contributed by atoms with Crippen LogP contribution in [-0.4, -0.2) is 52.4 Å². The predicted octanol–water partition coefficient (Wildman–Crippen LogP) is 3.78. The Kier molecular flexibility index (Phi) is 6.13. The number of aryl methyl sites for hydroxylation is 2. The number of rotatable bonds is 6. The molecule has 4 heterocycles. The first kappa shape index (κ1) is 21.6. The minimum atomic E-state index is -0.165. The van der Waals surface area contributed by atoms with Crippen molar-refractivity contribution in [2.75, 3.05) is 26.3 Å². The first-order valence-corrected chi connectivity index (χ1v) is 11.4. The summed E-state index contributed by atoms with van der Waals surface area (Å²) in [5.41, 5.74) is 2.00. The SMILES string of the molecule is Cc1ccccc1OCc1c(C(=O)N2CC[C@H](c3nc(C4CCOCC4)no3)C2)noc1C. The number of hydrogen-bond acceptors (Lipinski definition) is 8. The van der Waals surface area contributed by atoms with Crippen LogP contribution in [0.25, 0.3) is 0 Å². The summed E-state index contributed by atoms with van der Waals surface area (Å²) in [5, 5.41) is 8.25. The predicted molar refractivity (Wildman–Crippen MR) is 117 cm³/mol. The number of aromatic nitrogens is 3. The number of amides is 1. The van der Waals surface area contributed by atoms with Crippen molar-refractivity contribution in [1.82, 2.24) is 20.2 Å². The van der Waals surface area contributed by atoms with Gasteiger partial charge in [-0.1, -0.05) is 28.5 Å². The Hall–Kier alpha value is -3.20. The zero-order valence-electron chi connectivity index (χ0n) is 19.0. The largest absolute Gasteiger partial charge is 0.488 e. The van der Waals surface area contributed by atoms with E-state index in [2.05, 4.69) is 15.3 Å². The van der Waals surface area contributed by atoms with Gasteiger partial charge in [-0.05, 0) is 44.7 Å². The number of hydrogen-bond donors (Lipinski definition) is 0. The minimum absolute atomic E-state index is 0.0229. The maximum atomic E-state index is 13.3. The molecule has 0 radical (unpaired) electrons. The highest BCUT2D eigenvalue weighted by Gasteiger charge is 2.35. The highest BCUT2D eigenvalue weighted by Crippen LogP contribution is 2.31. The Morgan fingerprint density at radius 3 is 2.73 bits per heavy atom. The molecule has 2 fully saturated rings. The van der Waals surface area contributed by atoms with E-state index in [0.29, 0.717) is 36.0 Å². The lowest BCUT2D eigenvalue weighted by molar-refractivity contribution is 0.0776. The zero-order valence-corrected chi connectivity index (χ0v) is 19.0. The average molecular weight is 453 g/mol. The zero-order chi connectivity index (χ0) is 22.8. The van der Waals surface area contributed by atoms with Gasteiger partial charge in [0.1, 0.15) is 18.1 Å². The number of benzene rings is 1. The number of ether oxygens (including phenoxy) is 2. The molecule has 5 rings (SSSR count). The van der Waals surface area contributed by atoms with Crippen LogP contribution < -0.4 is 4.74 Å². The third kappa shape index (κ3) is 4.50. The molecule has 9 nitrogen and oxygen atoms in total. The monoisotopic (exact) mass is 452 g/mol. The van der Waals surface area contributed by atoms with Gasteiger partial charge in [0.15, 0.2) is 11.5 Å². The molecular weight excluding hydrogens is 424 g/mol. The van der Waals surface area contributed by atoms with Gasteiger partial charge in [0, 0.05) is 32.2 Å². The maximum absolute atomic E-state index is 13.3. The second kappa shape index (κ2) is 9.35. The Morgan fingerprint density at radius 2 is 1.91 bits per heavy atom. The van der Waals surface area contributed by atoms with Crippen LogP contribution in [0.2, 0.25) is 0 Å². The van der Waals surface area contributed by atoms with Crippen molar-refractivity contribution in [3.63, 3.8) is 0 Å². The van der Waals surface area contributed by atoms with E-state index in [1.807, 2.05) is 31.2 Å². The van der Waals surface area contributed by atoms with Gasteiger partial charge in [-0.2, -0.15) is 4.98 Å². The van der Waals surface area contributed by atoms with E-state index in [1.54, 1.807) is 11.8 Å². The van der Waals surface area contributed by atoms with Gasteiger partial charge in [-0.3, -0.25) is 4.79 Å².